The summed E-state index contributed by atoms with van der Waals surface area (Å²) in [5.74, 6) is -1.80. The first kappa shape index (κ1) is 14.9. The Morgan fingerprint density at radius 2 is 1.91 bits per heavy atom. The van der Waals surface area contributed by atoms with E-state index >= 15 is 0 Å². The first-order valence-corrected chi connectivity index (χ1v) is 7.02. The number of fused-ring (bicyclic) bond motifs is 1. The van der Waals surface area contributed by atoms with E-state index in [0.717, 1.165) is 28.3 Å². The van der Waals surface area contributed by atoms with Crippen LogP contribution in [0.1, 0.15) is 23.2 Å². The van der Waals surface area contributed by atoms with E-state index in [4.69, 9.17) is 4.74 Å². The van der Waals surface area contributed by atoms with Gasteiger partial charge in [0.25, 0.3) is 0 Å². The molecule has 0 bridgehead atoms. The number of hydrogen-bond donors (Lipinski definition) is 1. The molecular weight excluding hydrogens is 298 g/mol. The van der Waals surface area contributed by atoms with E-state index in [1.807, 2.05) is 36.4 Å². The number of carbonyl (C=O) groups excluding carboxylic acids is 1. The average Bonchev–Trinajstić information content (AvgIpc) is 2.91. The quantitative estimate of drug-likeness (QED) is 0.804. The van der Waals surface area contributed by atoms with Crippen LogP contribution in [0.2, 0.25) is 0 Å². The van der Waals surface area contributed by atoms with Gasteiger partial charge in [0.15, 0.2) is 6.26 Å². The topological polar surface area (TPSA) is 81.7 Å². The molecule has 6 nitrogen and oxygen atoms in total. The molecule has 0 spiro atoms. The fourth-order valence-electron chi connectivity index (χ4n) is 2.48. The van der Waals surface area contributed by atoms with Gasteiger partial charge in [-0.15, -0.1) is 0 Å². The number of ether oxygens (including phenoxy) is 1. The summed E-state index contributed by atoms with van der Waals surface area (Å²) in [5.41, 5.74) is 0.736. The van der Waals surface area contributed by atoms with Gasteiger partial charge in [0, 0.05) is 0 Å². The van der Waals surface area contributed by atoms with Crippen molar-refractivity contribution in [3.05, 3.63) is 58.8 Å². The lowest BCUT2D eigenvalue weighted by Crippen LogP contribution is -2.26. The third-order valence-corrected chi connectivity index (χ3v) is 3.84. The van der Waals surface area contributed by atoms with Crippen LogP contribution in [-0.2, 0) is 0 Å². The highest BCUT2D eigenvalue weighted by molar-refractivity contribution is 5.89. The summed E-state index contributed by atoms with van der Waals surface area (Å²) in [5, 5.41) is 11.5. The minimum Gasteiger partial charge on any atom is -0.497 e. The Balaban J connectivity index is 1.99. The maximum Gasteiger partial charge on any atom is 0.428 e. The first-order chi connectivity index (χ1) is 11.0. The molecule has 0 saturated carbocycles. The largest absolute Gasteiger partial charge is 0.497 e. The first-order valence-electron chi connectivity index (χ1n) is 7.02. The van der Waals surface area contributed by atoms with Gasteiger partial charge < -0.3 is 14.3 Å². The number of benzene rings is 2. The zero-order valence-corrected chi connectivity index (χ0v) is 12.6. The standard InChI is InChI=1S/C17H15NO5/c1-10(16(20)18-15(19)9-23-17(18)21)11-3-4-13-8-14(22-2)6-5-12(13)7-11/h3-10,19H,1-2H3/t10-/m0/s1. The number of carbonyl (C=O) groups is 1. The van der Waals surface area contributed by atoms with Crippen molar-refractivity contribution in [1.29, 1.82) is 0 Å². The number of aromatic nitrogens is 1. The van der Waals surface area contributed by atoms with Gasteiger partial charge in [0.2, 0.25) is 11.8 Å². The minimum atomic E-state index is -0.898. The van der Waals surface area contributed by atoms with Gasteiger partial charge in [-0.05, 0) is 35.4 Å². The van der Waals surface area contributed by atoms with Crippen molar-refractivity contribution < 1.29 is 19.1 Å². The van der Waals surface area contributed by atoms with E-state index in [1.165, 1.54) is 0 Å². The fourth-order valence-corrected chi connectivity index (χ4v) is 2.48. The number of aromatic hydroxyl groups is 1. The van der Waals surface area contributed by atoms with Gasteiger partial charge in [-0.2, -0.15) is 4.57 Å². The third-order valence-electron chi connectivity index (χ3n) is 3.84. The van der Waals surface area contributed by atoms with E-state index in [2.05, 4.69) is 4.42 Å². The smallest absolute Gasteiger partial charge is 0.428 e. The highest BCUT2D eigenvalue weighted by Gasteiger charge is 2.23. The lowest BCUT2D eigenvalue weighted by Gasteiger charge is -2.12. The molecule has 23 heavy (non-hydrogen) atoms. The summed E-state index contributed by atoms with van der Waals surface area (Å²) >= 11 is 0. The summed E-state index contributed by atoms with van der Waals surface area (Å²) in [6, 6.07) is 11.2. The molecule has 0 aliphatic heterocycles. The molecule has 0 unspecified atom stereocenters. The Morgan fingerprint density at radius 3 is 2.57 bits per heavy atom. The van der Waals surface area contributed by atoms with Crippen LogP contribution < -0.4 is 10.5 Å². The summed E-state index contributed by atoms with van der Waals surface area (Å²) in [4.78, 5) is 23.9. The molecule has 0 aliphatic rings. The fraction of sp³-hybridized carbons (Fsp3) is 0.176. The molecular formula is C17H15NO5. The Morgan fingerprint density at radius 1 is 1.22 bits per heavy atom. The van der Waals surface area contributed by atoms with Gasteiger partial charge in [-0.25, -0.2) is 4.79 Å². The number of hydrogen-bond acceptors (Lipinski definition) is 5. The molecule has 2 aromatic carbocycles. The van der Waals surface area contributed by atoms with Crippen molar-refractivity contribution in [2.45, 2.75) is 12.8 Å². The average molecular weight is 313 g/mol. The maximum atomic E-state index is 12.4. The van der Waals surface area contributed by atoms with Gasteiger partial charge >= 0.3 is 5.76 Å². The predicted octanol–water partition coefficient (Wildman–Crippen LogP) is 2.75. The van der Waals surface area contributed by atoms with Crippen molar-refractivity contribution in [2.75, 3.05) is 7.11 Å². The summed E-state index contributed by atoms with van der Waals surface area (Å²) in [6.45, 7) is 1.67. The molecule has 1 N–H and O–H groups in total. The summed E-state index contributed by atoms with van der Waals surface area (Å²) < 4.78 is 10.3. The Labute approximate surface area is 131 Å². The van der Waals surface area contributed by atoms with Gasteiger partial charge in [-0.3, -0.25) is 4.79 Å². The molecule has 6 heteroatoms. The molecule has 3 rings (SSSR count). The molecule has 0 radical (unpaired) electrons. The van der Waals surface area contributed by atoms with Crippen molar-refractivity contribution >= 4 is 16.7 Å². The van der Waals surface area contributed by atoms with E-state index < -0.39 is 23.5 Å². The molecule has 1 atom stereocenters. The van der Waals surface area contributed by atoms with Gasteiger partial charge in [-0.1, -0.05) is 24.3 Å². The maximum absolute atomic E-state index is 12.4. The van der Waals surface area contributed by atoms with Crippen molar-refractivity contribution in [3.8, 4) is 11.6 Å². The highest BCUT2D eigenvalue weighted by atomic mass is 16.5. The van der Waals surface area contributed by atoms with Crippen LogP contribution in [0.25, 0.3) is 10.8 Å². The SMILES string of the molecule is COc1ccc2cc([C@H](C)C(=O)n3c(O)coc3=O)ccc2c1. The Hall–Kier alpha value is -3.02. The summed E-state index contributed by atoms with van der Waals surface area (Å²) in [7, 11) is 1.60. The third kappa shape index (κ3) is 2.59. The van der Waals surface area contributed by atoms with Crippen molar-refractivity contribution in [1.82, 2.24) is 4.57 Å². The second kappa shape index (κ2) is 5.64. The zero-order chi connectivity index (χ0) is 16.6. The van der Waals surface area contributed by atoms with Crippen LogP contribution in [0.4, 0.5) is 0 Å². The minimum absolute atomic E-state index is 0.502. The molecule has 118 valence electrons. The second-order valence-corrected chi connectivity index (χ2v) is 5.23. The molecule has 0 amide bonds. The predicted molar refractivity (Wildman–Crippen MR) is 84.2 cm³/mol. The normalized spacial score (nSPS) is 12.3. The van der Waals surface area contributed by atoms with Gasteiger partial charge in [0.1, 0.15) is 5.75 Å². The number of rotatable bonds is 3. The molecule has 0 saturated heterocycles. The van der Waals surface area contributed by atoms with E-state index in [0.29, 0.717) is 4.57 Å². The summed E-state index contributed by atoms with van der Waals surface area (Å²) in [6.07, 6.45) is 0.847. The molecule has 0 fully saturated rings. The van der Waals surface area contributed by atoms with Crippen LogP contribution in [0.15, 0.2) is 51.9 Å². The van der Waals surface area contributed by atoms with Crippen LogP contribution >= 0.6 is 0 Å². The number of methoxy groups -OCH3 is 1. The van der Waals surface area contributed by atoms with Crippen LogP contribution in [0.3, 0.4) is 0 Å². The Kier molecular flexibility index (Phi) is 3.65. The lowest BCUT2D eigenvalue weighted by molar-refractivity contribution is 0.0867. The van der Waals surface area contributed by atoms with E-state index in [9.17, 15) is 14.7 Å². The van der Waals surface area contributed by atoms with Crippen LogP contribution in [0, 0.1) is 0 Å². The molecule has 0 aliphatic carbocycles. The van der Waals surface area contributed by atoms with E-state index in [-0.39, 0.29) is 0 Å². The van der Waals surface area contributed by atoms with Crippen LogP contribution in [0.5, 0.6) is 11.6 Å². The molecule has 1 aromatic heterocycles. The lowest BCUT2D eigenvalue weighted by atomic mass is 9.97. The van der Waals surface area contributed by atoms with E-state index in [1.54, 1.807) is 14.0 Å². The highest BCUT2D eigenvalue weighted by Crippen LogP contribution is 2.26. The zero-order valence-electron chi connectivity index (χ0n) is 12.6. The second-order valence-electron chi connectivity index (χ2n) is 5.23. The van der Waals surface area contributed by atoms with Crippen molar-refractivity contribution in [3.63, 3.8) is 0 Å². The van der Waals surface area contributed by atoms with Gasteiger partial charge in [0.05, 0.1) is 13.0 Å². The van der Waals surface area contributed by atoms with Crippen molar-refractivity contribution in [2.24, 2.45) is 0 Å². The molecule has 1 heterocycles. The number of oxazole rings is 1. The van der Waals surface area contributed by atoms with Crippen LogP contribution in [-0.4, -0.2) is 22.7 Å². The monoisotopic (exact) mass is 313 g/mol. The Bertz CT molecular complexity index is 938. The molecule has 3 aromatic rings. The number of nitrogens with zero attached hydrogens (tertiary/aromatic N) is 1.